The van der Waals surface area contributed by atoms with Crippen LogP contribution in [0.3, 0.4) is 0 Å². The van der Waals surface area contributed by atoms with Crippen LogP contribution in [0.2, 0.25) is 0 Å². The summed E-state index contributed by atoms with van der Waals surface area (Å²) in [6, 6.07) is 17.5. The van der Waals surface area contributed by atoms with Crippen LogP contribution in [0.25, 0.3) is 11.3 Å². The zero-order valence-electron chi connectivity index (χ0n) is 14.3. The number of nitrogens with zero attached hydrogens (tertiary/aromatic N) is 2. The molecule has 0 unspecified atom stereocenters. The standard InChI is InChI=1S/C21H16FN3O2/c22-16-6-4-15(5-7-16)20-9-8-19(26-20)13-25-17-2-1-3-18(12-17)27-21-14-23-10-11-24-21/h1-12,14,25H,13H2. The van der Waals surface area contributed by atoms with E-state index >= 15 is 0 Å². The Morgan fingerprint density at radius 1 is 1.00 bits per heavy atom. The number of nitrogens with one attached hydrogen (secondary N) is 1. The number of hydrogen-bond acceptors (Lipinski definition) is 5. The molecule has 0 amide bonds. The number of rotatable bonds is 6. The van der Waals surface area contributed by atoms with E-state index in [1.807, 2.05) is 36.4 Å². The third kappa shape index (κ3) is 4.30. The maximum Gasteiger partial charge on any atom is 0.237 e. The maximum absolute atomic E-state index is 13.0. The molecule has 0 saturated carbocycles. The fourth-order valence-corrected chi connectivity index (χ4v) is 2.56. The second kappa shape index (κ2) is 7.70. The molecule has 0 bridgehead atoms. The highest BCUT2D eigenvalue weighted by Gasteiger charge is 2.06. The summed E-state index contributed by atoms with van der Waals surface area (Å²) in [5.41, 5.74) is 1.72. The highest BCUT2D eigenvalue weighted by molar-refractivity contribution is 5.57. The van der Waals surface area contributed by atoms with Crippen molar-refractivity contribution in [2.75, 3.05) is 5.32 Å². The maximum atomic E-state index is 13.0. The predicted octanol–water partition coefficient (Wildman–Crippen LogP) is 5.28. The van der Waals surface area contributed by atoms with Gasteiger partial charge in [0.05, 0.1) is 12.7 Å². The summed E-state index contributed by atoms with van der Waals surface area (Å²) in [6.45, 7) is 0.510. The molecule has 0 aliphatic rings. The fourth-order valence-electron chi connectivity index (χ4n) is 2.56. The lowest BCUT2D eigenvalue weighted by Crippen LogP contribution is -1.98. The molecule has 0 fully saturated rings. The third-order valence-corrected chi connectivity index (χ3v) is 3.85. The fraction of sp³-hybridized carbons (Fsp3) is 0.0476. The third-order valence-electron chi connectivity index (χ3n) is 3.85. The molecule has 0 aliphatic carbocycles. The summed E-state index contributed by atoms with van der Waals surface area (Å²) >= 11 is 0. The lowest BCUT2D eigenvalue weighted by molar-refractivity contribution is 0.460. The van der Waals surface area contributed by atoms with Gasteiger partial charge in [0.25, 0.3) is 0 Å². The van der Waals surface area contributed by atoms with E-state index < -0.39 is 0 Å². The molecular weight excluding hydrogens is 345 g/mol. The van der Waals surface area contributed by atoms with Gasteiger partial charge in [-0.3, -0.25) is 4.98 Å². The second-order valence-corrected chi connectivity index (χ2v) is 5.80. The van der Waals surface area contributed by atoms with Gasteiger partial charge in [0.1, 0.15) is 23.1 Å². The first-order valence-electron chi connectivity index (χ1n) is 8.39. The van der Waals surface area contributed by atoms with Crippen molar-refractivity contribution in [2.24, 2.45) is 0 Å². The minimum Gasteiger partial charge on any atom is -0.459 e. The van der Waals surface area contributed by atoms with E-state index in [0.717, 1.165) is 17.0 Å². The second-order valence-electron chi connectivity index (χ2n) is 5.80. The van der Waals surface area contributed by atoms with Crippen molar-refractivity contribution in [2.45, 2.75) is 6.54 Å². The molecule has 4 aromatic rings. The highest BCUT2D eigenvalue weighted by Crippen LogP contribution is 2.25. The number of anilines is 1. The van der Waals surface area contributed by atoms with Crippen LogP contribution in [-0.4, -0.2) is 9.97 Å². The molecule has 0 spiro atoms. The Balaban J connectivity index is 1.40. The number of ether oxygens (including phenoxy) is 1. The van der Waals surface area contributed by atoms with Crippen molar-refractivity contribution in [3.8, 4) is 23.0 Å². The van der Waals surface area contributed by atoms with Gasteiger partial charge in [0, 0.05) is 29.7 Å². The molecule has 2 aromatic heterocycles. The van der Waals surface area contributed by atoms with E-state index in [9.17, 15) is 4.39 Å². The van der Waals surface area contributed by atoms with Crippen molar-refractivity contribution in [3.05, 3.63) is 90.8 Å². The topological polar surface area (TPSA) is 60.2 Å². The largest absolute Gasteiger partial charge is 0.459 e. The summed E-state index contributed by atoms with van der Waals surface area (Å²) < 4.78 is 24.5. The first-order chi connectivity index (χ1) is 13.3. The molecule has 1 N–H and O–H groups in total. The van der Waals surface area contributed by atoms with Gasteiger partial charge in [0.2, 0.25) is 5.88 Å². The molecule has 134 valence electrons. The summed E-state index contributed by atoms with van der Waals surface area (Å²) in [7, 11) is 0. The van der Waals surface area contributed by atoms with Crippen LogP contribution in [0.4, 0.5) is 10.1 Å². The zero-order chi connectivity index (χ0) is 18.5. The van der Waals surface area contributed by atoms with Gasteiger partial charge in [-0.1, -0.05) is 6.07 Å². The molecule has 2 heterocycles. The monoisotopic (exact) mass is 361 g/mol. The van der Waals surface area contributed by atoms with Gasteiger partial charge in [-0.25, -0.2) is 9.37 Å². The summed E-state index contributed by atoms with van der Waals surface area (Å²) in [5.74, 6) is 2.30. The molecule has 27 heavy (non-hydrogen) atoms. The van der Waals surface area contributed by atoms with Crippen LogP contribution < -0.4 is 10.1 Å². The number of benzene rings is 2. The van der Waals surface area contributed by atoms with Gasteiger partial charge in [-0.15, -0.1) is 0 Å². The van der Waals surface area contributed by atoms with Crippen LogP contribution >= 0.6 is 0 Å². The first-order valence-corrected chi connectivity index (χ1v) is 8.39. The molecule has 6 heteroatoms. The van der Waals surface area contributed by atoms with Crippen molar-refractivity contribution in [1.29, 1.82) is 0 Å². The Labute approximate surface area is 155 Å². The molecule has 0 aliphatic heterocycles. The SMILES string of the molecule is Fc1ccc(-c2ccc(CNc3cccc(Oc4cnccn4)c3)o2)cc1. The normalized spacial score (nSPS) is 10.6. The Bertz CT molecular complexity index is 1020. The minimum absolute atomic E-state index is 0.268. The average Bonchev–Trinajstić information content (AvgIpc) is 3.17. The lowest BCUT2D eigenvalue weighted by Gasteiger charge is -2.08. The van der Waals surface area contributed by atoms with Gasteiger partial charge >= 0.3 is 0 Å². The molecule has 5 nitrogen and oxygen atoms in total. The number of halogens is 1. The van der Waals surface area contributed by atoms with Gasteiger partial charge in [-0.05, 0) is 48.5 Å². The van der Waals surface area contributed by atoms with Crippen LogP contribution in [0, 0.1) is 5.82 Å². The minimum atomic E-state index is -0.268. The Hall–Kier alpha value is -3.67. The molecular formula is C21H16FN3O2. The van der Waals surface area contributed by atoms with Crippen molar-refractivity contribution >= 4 is 5.69 Å². The van der Waals surface area contributed by atoms with Crippen LogP contribution in [-0.2, 0) is 6.54 Å². The van der Waals surface area contributed by atoms with Gasteiger partial charge < -0.3 is 14.5 Å². The Morgan fingerprint density at radius 3 is 2.70 bits per heavy atom. The molecule has 4 rings (SSSR count). The van der Waals surface area contributed by atoms with Crippen molar-refractivity contribution in [1.82, 2.24) is 9.97 Å². The smallest absolute Gasteiger partial charge is 0.237 e. The predicted molar refractivity (Wildman–Crippen MR) is 100.0 cm³/mol. The molecule has 2 aromatic carbocycles. The molecule has 0 radical (unpaired) electrons. The van der Waals surface area contributed by atoms with Crippen molar-refractivity contribution < 1.29 is 13.5 Å². The number of furan rings is 1. The lowest BCUT2D eigenvalue weighted by atomic mass is 10.2. The van der Waals surface area contributed by atoms with E-state index in [0.29, 0.717) is 23.9 Å². The van der Waals surface area contributed by atoms with Crippen molar-refractivity contribution in [3.63, 3.8) is 0 Å². The van der Waals surface area contributed by atoms with E-state index in [-0.39, 0.29) is 5.82 Å². The van der Waals surface area contributed by atoms with Crippen LogP contribution in [0.15, 0.2) is 83.7 Å². The summed E-state index contributed by atoms with van der Waals surface area (Å²) in [6.07, 6.45) is 4.72. The molecule has 0 saturated heterocycles. The summed E-state index contributed by atoms with van der Waals surface area (Å²) in [4.78, 5) is 8.07. The van der Waals surface area contributed by atoms with E-state index in [2.05, 4.69) is 15.3 Å². The van der Waals surface area contributed by atoms with Gasteiger partial charge in [0.15, 0.2) is 0 Å². The molecule has 0 atom stereocenters. The van der Waals surface area contributed by atoms with E-state index in [4.69, 9.17) is 9.15 Å². The average molecular weight is 361 g/mol. The summed E-state index contributed by atoms with van der Waals surface area (Å²) in [5, 5.41) is 3.29. The Kier molecular flexibility index (Phi) is 4.78. The van der Waals surface area contributed by atoms with Crippen LogP contribution in [0.5, 0.6) is 11.6 Å². The quantitative estimate of drug-likeness (QED) is 0.506. The van der Waals surface area contributed by atoms with E-state index in [1.165, 1.54) is 12.1 Å². The van der Waals surface area contributed by atoms with E-state index in [1.54, 1.807) is 30.7 Å². The zero-order valence-corrected chi connectivity index (χ0v) is 14.3. The number of aromatic nitrogens is 2. The Morgan fingerprint density at radius 2 is 1.89 bits per heavy atom. The number of hydrogen-bond donors (Lipinski definition) is 1. The van der Waals surface area contributed by atoms with Crippen LogP contribution in [0.1, 0.15) is 5.76 Å². The first kappa shape index (κ1) is 16.8. The van der Waals surface area contributed by atoms with Gasteiger partial charge in [-0.2, -0.15) is 0 Å². The highest BCUT2D eigenvalue weighted by atomic mass is 19.1.